The lowest BCUT2D eigenvalue weighted by Crippen LogP contribution is -2.06. The second-order valence-corrected chi connectivity index (χ2v) is 4.29. The van der Waals surface area contributed by atoms with E-state index in [1.54, 1.807) is 13.0 Å². The summed E-state index contributed by atoms with van der Waals surface area (Å²) in [6.07, 6.45) is 1.90. The maximum absolute atomic E-state index is 10.7. The van der Waals surface area contributed by atoms with Crippen molar-refractivity contribution >= 4 is 23.0 Å². The highest BCUT2D eigenvalue weighted by Crippen LogP contribution is 2.30. The number of anilines is 1. The molecule has 0 aliphatic carbocycles. The van der Waals surface area contributed by atoms with Crippen LogP contribution >= 0.6 is 11.6 Å². The van der Waals surface area contributed by atoms with Gasteiger partial charge in [0.05, 0.1) is 4.92 Å². The Morgan fingerprint density at radius 2 is 2.32 bits per heavy atom. The van der Waals surface area contributed by atoms with Gasteiger partial charge < -0.3 is 9.84 Å². The minimum atomic E-state index is -0.502. The molecule has 0 radical (unpaired) electrons. The average molecular weight is 283 g/mol. The summed E-state index contributed by atoms with van der Waals surface area (Å²) in [5.41, 5.74) is 1.40. The highest BCUT2D eigenvalue weighted by molar-refractivity contribution is 6.33. The van der Waals surface area contributed by atoms with Crippen molar-refractivity contribution in [1.82, 2.24) is 10.1 Å². The number of nitro benzene ring substituents is 1. The van der Waals surface area contributed by atoms with E-state index in [0.717, 1.165) is 11.3 Å². The monoisotopic (exact) mass is 282 g/mol. The van der Waals surface area contributed by atoms with Gasteiger partial charge in [0.15, 0.2) is 6.33 Å². The molecule has 0 saturated heterocycles. The van der Waals surface area contributed by atoms with Gasteiger partial charge in [-0.1, -0.05) is 16.8 Å². The third kappa shape index (κ3) is 3.19. The predicted octanol–water partition coefficient (Wildman–Crippen LogP) is 2.59. The molecule has 0 aliphatic heterocycles. The SMILES string of the molecule is Cc1cc([N+](=O)[O-])c(Cl)cc1NCCc1ncno1. The molecule has 100 valence electrons. The number of nitrogens with one attached hydrogen (secondary N) is 1. The van der Waals surface area contributed by atoms with Crippen LogP contribution in [0.4, 0.5) is 11.4 Å². The van der Waals surface area contributed by atoms with Crippen molar-refractivity contribution in [3.8, 4) is 0 Å². The van der Waals surface area contributed by atoms with Gasteiger partial charge in [-0.05, 0) is 18.6 Å². The lowest BCUT2D eigenvalue weighted by molar-refractivity contribution is -0.384. The number of halogens is 1. The largest absolute Gasteiger partial charge is 0.384 e. The topological polar surface area (TPSA) is 94.1 Å². The van der Waals surface area contributed by atoms with E-state index >= 15 is 0 Å². The molecule has 1 aromatic heterocycles. The van der Waals surface area contributed by atoms with Crippen molar-refractivity contribution in [3.63, 3.8) is 0 Å². The first-order valence-electron chi connectivity index (χ1n) is 5.52. The molecule has 0 spiro atoms. The minimum Gasteiger partial charge on any atom is -0.384 e. The Bertz CT molecular complexity index is 586. The molecule has 0 atom stereocenters. The first-order chi connectivity index (χ1) is 9.08. The Kier molecular flexibility index (Phi) is 3.96. The Morgan fingerprint density at radius 1 is 1.53 bits per heavy atom. The Morgan fingerprint density at radius 3 is 2.95 bits per heavy atom. The maximum atomic E-state index is 10.7. The zero-order valence-corrected chi connectivity index (χ0v) is 10.8. The van der Waals surface area contributed by atoms with Gasteiger partial charge in [0, 0.05) is 24.7 Å². The number of hydrogen-bond acceptors (Lipinski definition) is 6. The second kappa shape index (κ2) is 5.66. The summed E-state index contributed by atoms with van der Waals surface area (Å²) in [7, 11) is 0. The van der Waals surface area contributed by atoms with Crippen LogP contribution in [-0.4, -0.2) is 21.6 Å². The third-order valence-corrected chi connectivity index (χ3v) is 2.85. The van der Waals surface area contributed by atoms with Crippen LogP contribution in [0.2, 0.25) is 5.02 Å². The van der Waals surface area contributed by atoms with Gasteiger partial charge in [0.25, 0.3) is 5.69 Å². The van der Waals surface area contributed by atoms with E-state index in [1.807, 2.05) is 0 Å². The fourth-order valence-corrected chi connectivity index (χ4v) is 1.84. The molecule has 0 amide bonds. The van der Waals surface area contributed by atoms with Crippen molar-refractivity contribution in [2.45, 2.75) is 13.3 Å². The molecule has 7 nitrogen and oxygen atoms in total. The second-order valence-electron chi connectivity index (χ2n) is 3.89. The van der Waals surface area contributed by atoms with E-state index in [4.69, 9.17) is 16.1 Å². The van der Waals surface area contributed by atoms with Crippen LogP contribution < -0.4 is 5.32 Å². The van der Waals surface area contributed by atoms with Gasteiger partial charge in [-0.25, -0.2) is 0 Å². The lowest BCUT2D eigenvalue weighted by atomic mass is 10.1. The molecular weight excluding hydrogens is 272 g/mol. The van der Waals surface area contributed by atoms with Crippen LogP contribution in [0.1, 0.15) is 11.5 Å². The fourth-order valence-electron chi connectivity index (χ4n) is 1.61. The summed E-state index contributed by atoms with van der Waals surface area (Å²) < 4.78 is 4.86. The van der Waals surface area contributed by atoms with Gasteiger partial charge in [-0.3, -0.25) is 10.1 Å². The van der Waals surface area contributed by atoms with Crippen molar-refractivity contribution in [2.24, 2.45) is 0 Å². The molecule has 0 saturated carbocycles. The van der Waals surface area contributed by atoms with Crippen LogP contribution in [0.25, 0.3) is 0 Å². The van der Waals surface area contributed by atoms with Crippen LogP contribution in [-0.2, 0) is 6.42 Å². The smallest absolute Gasteiger partial charge is 0.288 e. The van der Waals surface area contributed by atoms with Gasteiger partial charge in [-0.15, -0.1) is 0 Å². The van der Waals surface area contributed by atoms with E-state index in [9.17, 15) is 10.1 Å². The normalized spacial score (nSPS) is 10.4. The number of benzene rings is 1. The van der Waals surface area contributed by atoms with E-state index in [0.29, 0.717) is 18.9 Å². The van der Waals surface area contributed by atoms with Gasteiger partial charge in [-0.2, -0.15) is 4.98 Å². The first kappa shape index (κ1) is 13.3. The van der Waals surface area contributed by atoms with Gasteiger partial charge in [0.1, 0.15) is 5.02 Å². The van der Waals surface area contributed by atoms with Crippen molar-refractivity contribution in [2.75, 3.05) is 11.9 Å². The van der Waals surface area contributed by atoms with Crippen molar-refractivity contribution < 1.29 is 9.45 Å². The molecule has 0 bridgehead atoms. The molecule has 0 unspecified atom stereocenters. The fraction of sp³-hybridized carbons (Fsp3) is 0.273. The van der Waals surface area contributed by atoms with E-state index < -0.39 is 4.92 Å². The zero-order chi connectivity index (χ0) is 13.8. The molecule has 0 fully saturated rings. The number of rotatable bonds is 5. The highest BCUT2D eigenvalue weighted by Gasteiger charge is 2.14. The number of aromatic nitrogens is 2. The summed E-state index contributed by atoms with van der Waals surface area (Å²) in [4.78, 5) is 14.1. The molecule has 1 N–H and O–H groups in total. The number of aryl methyl sites for hydroxylation is 1. The Hall–Kier alpha value is -2.15. The third-order valence-electron chi connectivity index (χ3n) is 2.55. The molecule has 8 heteroatoms. The first-order valence-corrected chi connectivity index (χ1v) is 5.89. The summed E-state index contributed by atoms with van der Waals surface area (Å²) in [6.45, 7) is 2.34. The van der Waals surface area contributed by atoms with Gasteiger partial charge >= 0.3 is 0 Å². The van der Waals surface area contributed by atoms with Crippen molar-refractivity contribution in [1.29, 1.82) is 0 Å². The van der Waals surface area contributed by atoms with Crippen LogP contribution in [0.3, 0.4) is 0 Å². The quantitative estimate of drug-likeness (QED) is 0.669. The molecule has 2 rings (SSSR count). The van der Waals surface area contributed by atoms with E-state index in [1.165, 1.54) is 12.4 Å². The molecule has 0 aliphatic rings. The molecule has 1 heterocycles. The number of nitrogens with zero attached hydrogens (tertiary/aromatic N) is 3. The average Bonchev–Trinajstić information content (AvgIpc) is 2.85. The Labute approximate surface area is 113 Å². The predicted molar refractivity (Wildman–Crippen MR) is 69.3 cm³/mol. The molecule has 19 heavy (non-hydrogen) atoms. The number of nitro groups is 1. The van der Waals surface area contributed by atoms with E-state index in [-0.39, 0.29) is 10.7 Å². The molecule has 2 aromatic rings. The molecule has 1 aromatic carbocycles. The highest BCUT2D eigenvalue weighted by atomic mass is 35.5. The van der Waals surface area contributed by atoms with Gasteiger partial charge in [0.2, 0.25) is 5.89 Å². The summed E-state index contributed by atoms with van der Waals surface area (Å²) >= 11 is 5.85. The van der Waals surface area contributed by atoms with Crippen LogP contribution in [0.5, 0.6) is 0 Å². The summed E-state index contributed by atoms with van der Waals surface area (Å²) in [5, 5.41) is 17.5. The zero-order valence-electron chi connectivity index (χ0n) is 10.1. The summed E-state index contributed by atoms with van der Waals surface area (Å²) in [6, 6.07) is 2.99. The molecular formula is C11H11ClN4O3. The minimum absolute atomic E-state index is 0.0957. The maximum Gasteiger partial charge on any atom is 0.288 e. The van der Waals surface area contributed by atoms with Crippen LogP contribution in [0, 0.1) is 17.0 Å². The Balaban J connectivity index is 2.04. The van der Waals surface area contributed by atoms with Crippen LogP contribution in [0.15, 0.2) is 23.0 Å². The standard InChI is InChI=1S/C11H11ClN4O3/c1-7-4-10(16(17)18)8(12)5-9(7)13-3-2-11-14-6-15-19-11/h4-6,13H,2-3H2,1H3. The van der Waals surface area contributed by atoms with Crippen molar-refractivity contribution in [3.05, 3.63) is 45.1 Å². The number of hydrogen-bond donors (Lipinski definition) is 1. The lowest BCUT2D eigenvalue weighted by Gasteiger charge is -2.09. The summed E-state index contributed by atoms with van der Waals surface area (Å²) in [5.74, 6) is 0.526. The van der Waals surface area contributed by atoms with E-state index in [2.05, 4.69) is 15.5 Å².